The van der Waals surface area contributed by atoms with Crippen molar-refractivity contribution in [3.05, 3.63) is 17.7 Å². The SMILES string of the molecule is CCc1nc2[nH]cnc2nc1C(C)(C)C. The number of aryl methyl sites for hydroxylation is 1. The Morgan fingerprint density at radius 1 is 1.27 bits per heavy atom. The van der Waals surface area contributed by atoms with Gasteiger partial charge >= 0.3 is 0 Å². The quantitative estimate of drug-likeness (QED) is 0.774. The highest BCUT2D eigenvalue weighted by Gasteiger charge is 2.21. The first kappa shape index (κ1) is 10.1. The molecule has 0 unspecified atom stereocenters. The van der Waals surface area contributed by atoms with Crippen LogP contribution in [0.1, 0.15) is 39.1 Å². The Morgan fingerprint density at radius 3 is 2.60 bits per heavy atom. The minimum Gasteiger partial charge on any atom is -0.328 e. The molecule has 2 rings (SSSR count). The van der Waals surface area contributed by atoms with Crippen LogP contribution in [0.15, 0.2) is 6.33 Å². The Morgan fingerprint density at radius 2 is 2.00 bits per heavy atom. The average Bonchev–Trinajstić information content (AvgIpc) is 2.60. The molecule has 0 radical (unpaired) electrons. The molecule has 0 aliphatic carbocycles. The molecule has 15 heavy (non-hydrogen) atoms. The molecule has 0 aliphatic heterocycles. The highest BCUT2D eigenvalue weighted by Crippen LogP contribution is 2.24. The summed E-state index contributed by atoms with van der Waals surface area (Å²) < 4.78 is 0. The lowest BCUT2D eigenvalue weighted by Crippen LogP contribution is -2.17. The van der Waals surface area contributed by atoms with Gasteiger partial charge in [-0.15, -0.1) is 0 Å². The molecule has 2 aromatic heterocycles. The van der Waals surface area contributed by atoms with E-state index >= 15 is 0 Å². The van der Waals surface area contributed by atoms with Crippen molar-refractivity contribution in [3.63, 3.8) is 0 Å². The zero-order chi connectivity index (χ0) is 11.1. The van der Waals surface area contributed by atoms with Gasteiger partial charge in [0.2, 0.25) is 0 Å². The maximum absolute atomic E-state index is 4.57. The fourth-order valence-corrected chi connectivity index (χ4v) is 1.65. The van der Waals surface area contributed by atoms with Crippen LogP contribution in [0.3, 0.4) is 0 Å². The Balaban J connectivity index is 2.70. The van der Waals surface area contributed by atoms with Crippen molar-refractivity contribution in [1.82, 2.24) is 19.9 Å². The van der Waals surface area contributed by atoms with Gasteiger partial charge in [-0.1, -0.05) is 27.7 Å². The first-order chi connectivity index (χ1) is 7.02. The van der Waals surface area contributed by atoms with Crippen LogP contribution < -0.4 is 0 Å². The maximum atomic E-state index is 4.57. The summed E-state index contributed by atoms with van der Waals surface area (Å²) in [5.41, 5.74) is 3.60. The van der Waals surface area contributed by atoms with E-state index in [0.717, 1.165) is 23.5 Å². The molecule has 1 N–H and O–H groups in total. The van der Waals surface area contributed by atoms with Crippen molar-refractivity contribution in [2.45, 2.75) is 39.5 Å². The van der Waals surface area contributed by atoms with E-state index < -0.39 is 0 Å². The normalized spacial score (nSPS) is 12.3. The van der Waals surface area contributed by atoms with Crippen molar-refractivity contribution in [2.75, 3.05) is 0 Å². The second kappa shape index (κ2) is 3.29. The number of fused-ring (bicyclic) bond motifs is 1. The van der Waals surface area contributed by atoms with Crippen molar-refractivity contribution in [3.8, 4) is 0 Å². The topological polar surface area (TPSA) is 54.5 Å². The van der Waals surface area contributed by atoms with Crippen LogP contribution in [-0.4, -0.2) is 19.9 Å². The summed E-state index contributed by atoms with van der Waals surface area (Å²) in [5, 5.41) is 0. The van der Waals surface area contributed by atoms with Crippen molar-refractivity contribution < 1.29 is 0 Å². The van der Waals surface area contributed by atoms with E-state index in [-0.39, 0.29) is 5.41 Å². The Bertz CT molecular complexity index is 479. The lowest BCUT2D eigenvalue weighted by atomic mass is 9.89. The van der Waals surface area contributed by atoms with E-state index in [2.05, 4.69) is 47.6 Å². The van der Waals surface area contributed by atoms with Crippen LogP contribution in [0.4, 0.5) is 0 Å². The molecule has 0 fully saturated rings. The molecule has 0 saturated heterocycles. The van der Waals surface area contributed by atoms with Crippen LogP contribution in [0, 0.1) is 0 Å². The molecule has 2 aromatic rings. The lowest BCUT2D eigenvalue weighted by molar-refractivity contribution is 0.559. The van der Waals surface area contributed by atoms with Gasteiger partial charge in [0.25, 0.3) is 0 Å². The molecule has 80 valence electrons. The van der Waals surface area contributed by atoms with Crippen LogP contribution in [-0.2, 0) is 11.8 Å². The molecule has 0 aromatic carbocycles. The molecule has 4 nitrogen and oxygen atoms in total. The van der Waals surface area contributed by atoms with Gasteiger partial charge in [0.15, 0.2) is 11.3 Å². The van der Waals surface area contributed by atoms with Gasteiger partial charge in [0, 0.05) is 5.41 Å². The third-order valence-corrected chi connectivity index (χ3v) is 2.38. The zero-order valence-electron chi connectivity index (χ0n) is 9.63. The summed E-state index contributed by atoms with van der Waals surface area (Å²) in [6, 6.07) is 0. The van der Waals surface area contributed by atoms with Crippen molar-refractivity contribution in [1.29, 1.82) is 0 Å². The van der Waals surface area contributed by atoms with Gasteiger partial charge in [-0.2, -0.15) is 0 Å². The predicted octanol–water partition coefficient (Wildman–Crippen LogP) is 2.21. The number of nitrogens with one attached hydrogen (secondary N) is 1. The van der Waals surface area contributed by atoms with Gasteiger partial charge in [-0.05, 0) is 6.42 Å². The summed E-state index contributed by atoms with van der Waals surface area (Å²) in [6.45, 7) is 8.54. The number of hydrogen-bond acceptors (Lipinski definition) is 3. The molecule has 0 aliphatic rings. The first-order valence-electron chi connectivity index (χ1n) is 5.23. The van der Waals surface area contributed by atoms with E-state index in [1.807, 2.05) is 0 Å². The second-order valence-electron chi connectivity index (χ2n) is 4.70. The van der Waals surface area contributed by atoms with Gasteiger partial charge in [0.05, 0.1) is 17.7 Å². The van der Waals surface area contributed by atoms with Gasteiger partial charge in [-0.25, -0.2) is 15.0 Å². The van der Waals surface area contributed by atoms with Crippen LogP contribution in [0.25, 0.3) is 11.3 Å². The molecule has 0 saturated carbocycles. The predicted molar refractivity (Wildman–Crippen MR) is 59.8 cm³/mol. The number of nitrogens with zero attached hydrogens (tertiary/aromatic N) is 3. The minimum absolute atomic E-state index is 0.0193. The first-order valence-corrected chi connectivity index (χ1v) is 5.23. The second-order valence-corrected chi connectivity index (χ2v) is 4.70. The fourth-order valence-electron chi connectivity index (χ4n) is 1.65. The molecule has 0 bridgehead atoms. The number of aromatic amines is 1. The summed E-state index contributed by atoms with van der Waals surface area (Å²) in [5.74, 6) is 0. The lowest BCUT2D eigenvalue weighted by Gasteiger charge is -2.19. The van der Waals surface area contributed by atoms with Crippen LogP contribution in [0.5, 0.6) is 0 Å². The molecule has 0 spiro atoms. The average molecular weight is 204 g/mol. The number of H-pyrrole nitrogens is 1. The van der Waals surface area contributed by atoms with Gasteiger partial charge in [-0.3, -0.25) is 0 Å². The van der Waals surface area contributed by atoms with E-state index in [1.54, 1.807) is 6.33 Å². The largest absolute Gasteiger partial charge is 0.328 e. The maximum Gasteiger partial charge on any atom is 0.197 e. The van der Waals surface area contributed by atoms with Crippen molar-refractivity contribution >= 4 is 11.3 Å². The summed E-state index contributed by atoms with van der Waals surface area (Å²) in [4.78, 5) is 16.2. The number of imidazole rings is 1. The summed E-state index contributed by atoms with van der Waals surface area (Å²) >= 11 is 0. The van der Waals surface area contributed by atoms with Gasteiger partial charge < -0.3 is 4.98 Å². The monoisotopic (exact) mass is 204 g/mol. The fraction of sp³-hybridized carbons (Fsp3) is 0.545. The van der Waals surface area contributed by atoms with Crippen molar-refractivity contribution in [2.24, 2.45) is 0 Å². The molecule has 4 heteroatoms. The zero-order valence-corrected chi connectivity index (χ0v) is 9.63. The van der Waals surface area contributed by atoms with Crippen LogP contribution >= 0.6 is 0 Å². The third kappa shape index (κ3) is 1.71. The van der Waals surface area contributed by atoms with E-state index in [9.17, 15) is 0 Å². The Labute approximate surface area is 89.2 Å². The van der Waals surface area contributed by atoms with E-state index in [0.29, 0.717) is 5.65 Å². The number of hydrogen-bond donors (Lipinski definition) is 1. The van der Waals surface area contributed by atoms with Crippen LogP contribution in [0.2, 0.25) is 0 Å². The minimum atomic E-state index is 0.0193. The number of aromatic nitrogens is 4. The number of rotatable bonds is 1. The molecular formula is C11H16N4. The summed E-state index contributed by atoms with van der Waals surface area (Å²) in [6.07, 6.45) is 2.53. The van der Waals surface area contributed by atoms with Gasteiger partial charge in [0.1, 0.15) is 0 Å². The molecular weight excluding hydrogens is 188 g/mol. The Hall–Kier alpha value is -1.45. The molecule has 2 heterocycles. The summed E-state index contributed by atoms with van der Waals surface area (Å²) in [7, 11) is 0. The Kier molecular flexibility index (Phi) is 2.21. The molecule has 0 amide bonds. The van der Waals surface area contributed by atoms with E-state index in [4.69, 9.17) is 0 Å². The third-order valence-electron chi connectivity index (χ3n) is 2.38. The smallest absolute Gasteiger partial charge is 0.197 e. The van der Waals surface area contributed by atoms with E-state index in [1.165, 1.54) is 0 Å². The standard InChI is InChI=1S/C11H16N4/c1-5-7-8(11(2,3)4)15-10-9(14-7)12-6-13-10/h6H,5H2,1-4H3,(H,12,13,14,15). The highest BCUT2D eigenvalue weighted by atomic mass is 15.0. The highest BCUT2D eigenvalue weighted by molar-refractivity contribution is 5.65. The molecule has 0 atom stereocenters.